The molecule has 1 heterocycles. The van der Waals surface area contributed by atoms with Gasteiger partial charge in [0, 0.05) is 44.1 Å². The summed E-state index contributed by atoms with van der Waals surface area (Å²) in [6.45, 7) is 5.09. The van der Waals surface area contributed by atoms with Crippen LogP contribution in [0.1, 0.15) is 12.5 Å². The van der Waals surface area contributed by atoms with Crippen LogP contribution in [0.4, 0.5) is 24.5 Å². The van der Waals surface area contributed by atoms with E-state index in [0.717, 1.165) is 0 Å². The SMILES string of the molecule is CCNc1ccc(N2CCNCC2)c(C(F)(F)F)c1. The van der Waals surface area contributed by atoms with E-state index in [1.165, 1.54) is 6.07 Å². The van der Waals surface area contributed by atoms with Gasteiger partial charge in [-0.1, -0.05) is 0 Å². The maximum absolute atomic E-state index is 13.2. The smallest absolute Gasteiger partial charge is 0.385 e. The van der Waals surface area contributed by atoms with Crippen molar-refractivity contribution in [2.45, 2.75) is 13.1 Å². The van der Waals surface area contributed by atoms with E-state index in [4.69, 9.17) is 0 Å². The van der Waals surface area contributed by atoms with Crippen molar-refractivity contribution < 1.29 is 13.2 Å². The third kappa shape index (κ3) is 3.32. The highest BCUT2D eigenvalue weighted by Gasteiger charge is 2.35. The predicted octanol–water partition coefficient (Wildman–Crippen LogP) is 2.55. The normalized spacial score (nSPS) is 16.5. The van der Waals surface area contributed by atoms with Gasteiger partial charge < -0.3 is 15.5 Å². The van der Waals surface area contributed by atoms with Crippen molar-refractivity contribution in [1.82, 2.24) is 5.32 Å². The molecule has 0 bridgehead atoms. The highest BCUT2D eigenvalue weighted by molar-refractivity contribution is 5.62. The molecule has 0 spiro atoms. The highest BCUT2D eigenvalue weighted by Crippen LogP contribution is 2.38. The van der Waals surface area contributed by atoms with Crippen LogP contribution in [0, 0.1) is 0 Å². The highest BCUT2D eigenvalue weighted by atomic mass is 19.4. The average Bonchev–Trinajstić information content (AvgIpc) is 2.39. The zero-order valence-electron chi connectivity index (χ0n) is 10.8. The standard InChI is InChI=1S/C13H18F3N3/c1-2-18-10-3-4-12(11(9-10)13(14,15)16)19-7-5-17-6-8-19/h3-4,9,17-18H,2,5-8H2,1H3. The largest absolute Gasteiger partial charge is 0.418 e. The third-order valence-corrected chi connectivity index (χ3v) is 3.14. The van der Waals surface area contributed by atoms with E-state index in [2.05, 4.69) is 10.6 Å². The molecule has 0 unspecified atom stereocenters. The Balaban J connectivity index is 2.35. The molecule has 0 amide bonds. The number of nitrogens with one attached hydrogen (secondary N) is 2. The van der Waals surface area contributed by atoms with Gasteiger partial charge in [0.2, 0.25) is 0 Å². The Hall–Kier alpha value is -1.43. The first-order valence-electron chi connectivity index (χ1n) is 6.43. The van der Waals surface area contributed by atoms with Gasteiger partial charge in [-0.3, -0.25) is 0 Å². The molecular formula is C13H18F3N3. The molecule has 1 aromatic rings. The number of hydrogen-bond donors (Lipinski definition) is 2. The van der Waals surface area contributed by atoms with Crippen molar-refractivity contribution >= 4 is 11.4 Å². The van der Waals surface area contributed by atoms with Crippen LogP contribution in [0.2, 0.25) is 0 Å². The van der Waals surface area contributed by atoms with Gasteiger partial charge in [-0.15, -0.1) is 0 Å². The molecule has 106 valence electrons. The molecule has 3 nitrogen and oxygen atoms in total. The second kappa shape index (κ2) is 5.69. The van der Waals surface area contributed by atoms with Crippen LogP contribution >= 0.6 is 0 Å². The minimum atomic E-state index is -4.33. The van der Waals surface area contributed by atoms with E-state index >= 15 is 0 Å². The molecule has 19 heavy (non-hydrogen) atoms. The molecule has 1 aromatic carbocycles. The Morgan fingerprint density at radius 2 is 1.95 bits per heavy atom. The van der Waals surface area contributed by atoms with Gasteiger partial charge in [0.05, 0.1) is 5.56 Å². The molecule has 2 rings (SSSR count). The first-order chi connectivity index (χ1) is 9.02. The molecule has 1 fully saturated rings. The molecule has 1 aliphatic heterocycles. The first-order valence-corrected chi connectivity index (χ1v) is 6.43. The monoisotopic (exact) mass is 273 g/mol. The van der Waals surface area contributed by atoms with E-state index in [-0.39, 0.29) is 5.69 Å². The fourth-order valence-electron chi connectivity index (χ4n) is 2.26. The van der Waals surface area contributed by atoms with E-state index in [0.29, 0.717) is 38.4 Å². The van der Waals surface area contributed by atoms with Gasteiger partial charge in [0.15, 0.2) is 0 Å². The molecule has 0 aliphatic carbocycles. The minimum absolute atomic E-state index is 0.274. The number of halogens is 3. The fraction of sp³-hybridized carbons (Fsp3) is 0.538. The lowest BCUT2D eigenvalue weighted by Gasteiger charge is -2.31. The first kappa shape index (κ1) is 14.0. The van der Waals surface area contributed by atoms with Crippen molar-refractivity contribution in [3.63, 3.8) is 0 Å². The van der Waals surface area contributed by atoms with Gasteiger partial charge in [-0.05, 0) is 25.1 Å². The zero-order valence-corrected chi connectivity index (χ0v) is 10.8. The van der Waals surface area contributed by atoms with Gasteiger partial charge in [-0.2, -0.15) is 13.2 Å². The maximum Gasteiger partial charge on any atom is 0.418 e. The van der Waals surface area contributed by atoms with Crippen LogP contribution in [-0.2, 0) is 6.18 Å². The predicted molar refractivity (Wildman–Crippen MR) is 70.7 cm³/mol. The summed E-state index contributed by atoms with van der Waals surface area (Å²) < 4.78 is 39.5. The lowest BCUT2D eigenvalue weighted by molar-refractivity contribution is -0.137. The van der Waals surface area contributed by atoms with Crippen LogP contribution in [0.25, 0.3) is 0 Å². The van der Waals surface area contributed by atoms with Crippen LogP contribution in [0.5, 0.6) is 0 Å². The van der Waals surface area contributed by atoms with E-state index in [1.54, 1.807) is 17.0 Å². The quantitative estimate of drug-likeness (QED) is 0.886. The molecule has 6 heteroatoms. The second-order valence-corrected chi connectivity index (χ2v) is 4.50. The van der Waals surface area contributed by atoms with Crippen molar-refractivity contribution in [2.24, 2.45) is 0 Å². The lowest BCUT2D eigenvalue weighted by atomic mass is 10.1. The van der Waals surface area contributed by atoms with Crippen molar-refractivity contribution in [3.05, 3.63) is 23.8 Å². The molecule has 0 saturated carbocycles. The molecular weight excluding hydrogens is 255 g/mol. The minimum Gasteiger partial charge on any atom is -0.385 e. The fourth-order valence-corrected chi connectivity index (χ4v) is 2.26. The zero-order chi connectivity index (χ0) is 13.9. The summed E-state index contributed by atoms with van der Waals surface area (Å²) in [7, 11) is 0. The molecule has 2 N–H and O–H groups in total. The third-order valence-electron chi connectivity index (χ3n) is 3.14. The number of alkyl halides is 3. The Morgan fingerprint density at radius 3 is 2.53 bits per heavy atom. The van der Waals surface area contributed by atoms with Gasteiger partial charge in [0.1, 0.15) is 0 Å². The topological polar surface area (TPSA) is 27.3 Å². The van der Waals surface area contributed by atoms with Crippen molar-refractivity contribution in [2.75, 3.05) is 42.9 Å². The Morgan fingerprint density at radius 1 is 1.26 bits per heavy atom. The molecule has 0 atom stereocenters. The average molecular weight is 273 g/mol. The summed E-state index contributed by atoms with van der Waals surface area (Å²) in [6.07, 6.45) is -4.33. The summed E-state index contributed by atoms with van der Waals surface area (Å²) in [5.41, 5.74) is 0.220. The van der Waals surface area contributed by atoms with E-state index in [9.17, 15) is 13.2 Å². The van der Waals surface area contributed by atoms with Crippen molar-refractivity contribution in [3.8, 4) is 0 Å². The second-order valence-electron chi connectivity index (χ2n) is 4.50. The Bertz CT molecular complexity index is 426. The van der Waals surface area contributed by atoms with Crippen LogP contribution in [0.3, 0.4) is 0 Å². The summed E-state index contributed by atoms with van der Waals surface area (Å²) in [6, 6.07) is 4.46. The summed E-state index contributed by atoms with van der Waals surface area (Å²) >= 11 is 0. The summed E-state index contributed by atoms with van der Waals surface area (Å²) in [5.74, 6) is 0. The maximum atomic E-state index is 13.2. The van der Waals surface area contributed by atoms with Crippen LogP contribution < -0.4 is 15.5 Å². The number of hydrogen-bond acceptors (Lipinski definition) is 3. The Labute approximate surface area is 110 Å². The molecule has 0 aromatic heterocycles. The van der Waals surface area contributed by atoms with Gasteiger partial charge >= 0.3 is 6.18 Å². The van der Waals surface area contributed by atoms with Crippen molar-refractivity contribution in [1.29, 1.82) is 0 Å². The number of benzene rings is 1. The molecule has 1 saturated heterocycles. The number of piperazine rings is 1. The van der Waals surface area contributed by atoms with Crippen LogP contribution in [0.15, 0.2) is 18.2 Å². The molecule has 0 radical (unpaired) electrons. The summed E-state index contributed by atoms with van der Waals surface area (Å²) in [5, 5.41) is 6.06. The lowest BCUT2D eigenvalue weighted by Crippen LogP contribution is -2.44. The van der Waals surface area contributed by atoms with Crippen LogP contribution in [-0.4, -0.2) is 32.7 Å². The van der Waals surface area contributed by atoms with E-state index in [1.807, 2.05) is 6.92 Å². The molecule has 1 aliphatic rings. The van der Waals surface area contributed by atoms with Gasteiger partial charge in [0.25, 0.3) is 0 Å². The number of nitrogens with zero attached hydrogens (tertiary/aromatic N) is 1. The number of rotatable bonds is 3. The summed E-state index contributed by atoms with van der Waals surface area (Å²) in [4.78, 5) is 1.79. The number of anilines is 2. The van der Waals surface area contributed by atoms with Gasteiger partial charge in [-0.25, -0.2) is 0 Å². The van der Waals surface area contributed by atoms with E-state index < -0.39 is 11.7 Å². The Kier molecular flexibility index (Phi) is 4.19.